The highest BCUT2D eigenvalue weighted by Crippen LogP contribution is 2.18. The minimum atomic E-state index is -0.457. The third-order valence-corrected chi connectivity index (χ3v) is 2.05. The lowest BCUT2D eigenvalue weighted by molar-refractivity contribution is -0.118. The van der Waals surface area contributed by atoms with Gasteiger partial charge in [0.15, 0.2) is 0 Å². The number of benzene rings is 1. The molecule has 1 atom stereocenters. The minimum Gasteiger partial charge on any atom is -0.370 e. The first kappa shape index (κ1) is 10.7. The Kier molecular flexibility index (Phi) is 3.19. The van der Waals surface area contributed by atoms with E-state index in [1.807, 2.05) is 0 Å². The predicted molar refractivity (Wildman–Crippen MR) is 51.9 cm³/mol. The Morgan fingerprint density at radius 3 is 2.71 bits per heavy atom. The van der Waals surface area contributed by atoms with Crippen molar-refractivity contribution in [2.75, 3.05) is 0 Å². The molecule has 0 bridgehead atoms. The predicted octanol–water partition coefficient (Wildman–Crippen LogP) is 1.01. The van der Waals surface area contributed by atoms with Gasteiger partial charge in [-0.3, -0.25) is 4.79 Å². The lowest BCUT2D eigenvalue weighted by Crippen LogP contribution is -2.21. The summed E-state index contributed by atoms with van der Waals surface area (Å²) >= 11 is 0. The molecule has 0 unspecified atom stereocenters. The van der Waals surface area contributed by atoms with Crippen LogP contribution in [-0.2, 0) is 4.79 Å². The highest BCUT2D eigenvalue weighted by molar-refractivity contribution is 5.74. The number of hydrogen-bond donors (Lipinski definition) is 2. The number of hydrogen-bond acceptors (Lipinski definition) is 2. The van der Waals surface area contributed by atoms with Gasteiger partial charge in [0, 0.05) is 12.5 Å². The summed E-state index contributed by atoms with van der Waals surface area (Å²) in [6.45, 7) is 1.75. The van der Waals surface area contributed by atoms with E-state index in [4.69, 9.17) is 11.5 Å². The number of carbonyl (C=O) groups is 1. The van der Waals surface area contributed by atoms with Gasteiger partial charge in [0.1, 0.15) is 5.82 Å². The van der Waals surface area contributed by atoms with Crippen molar-refractivity contribution in [3.8, 4) is 0 Å². The molecular formula is C10H13FN2O. The maximum atomic E-state index is 12.7. The van der Waals surface area contributed by atoms with E-state index >= 15 is 0 Å². The summed E-state index contributed by atoms with van der Waals surface area (Å²) in [4.78, 5) is 10.6. The second-order valence-corrected chi connectivity index (χ2v) is 3.28. The molecule has 3 nitrogen and oxygen atoms in total. The molecule has 76 valence electrons. The number of rotatable bonds is 3. The molecule has 0 fully saturated rings. The summed E-state index contributed by atoms with van der Waals surface area (Å²) in [5.41, 5.74) is 12.2. The molecule has 4 N–H and O–H groups in total. The second kappa shape index (κ2) is 4.19. The molecule has 0 saturated carbocycles. The van der Waals surface area contributed by atoms with Gasteiger partial charge >= 0.3 is 0 Å². The Hall–Kier alpha value is -1.42. The van der Waals surface area contributed by atoms with Crippen molar-refractivity contribution in [3.63, 3.8) is 0 Å². The summed E-state index contributed by atoms with van der Waals surface area (Å²) < 4.78 is 12.7. The Morgan fingerprint density at radius 2 is 2.21 bits per heavy atom. The maximum Gasteiger partial charge on any atom is 0.219 e. The van der Waals surface area contributed by atoms with Crippen molar-refractivity contribution in [1.82, 2.24) is 0 Å². The normalized spacial score (nSPS) is 12.5. The van der Waals surface area contributed by atoms with Gasteiger partial charge in [-0.15, -0.1) is 0 Å². The zero-order valence-electron chi connectivity index (χ0n) is 7.96. The van der Waals surface area contributed by atoms with Crippen molar-refractivity contribution >= 4 is 5.91 Å². The van der Waals surface area contributed by atoms with E-state index in [2.05, 4.69) is 0 Å². The Bertz CT molecular complexity index is 352. The molecular weight excluding hydrogens is 183 g/mol. The number of carbonyl (C=O) groups excluding carboxylic acids is 1. The quantitative estimate of drug-likeness (QED) is 0.757. The van der Waals surface area contributed by atoms with Crippen LogP contribution < -0.4 is 11.5 Å². The van der Waals surface area contributed by atoms with E-state index in [0.29, 0.717) is 0 Å². The van der Waals surface area contributed by atoms with Crippen LogP contribution in [0.25, 0.3) is 0 Å². The average molecular weight is 196 g/mol. The van der Waals surface area contributed by atoms with Crippen LogP contribution >= 0.6 is 0 Å². The molecule has 0 aliphatic heterocycles. The zero-order valence-corrected chi connectivity index (χ0v) is 7.96. The standard InChI is InChI=1S/C10H13FN2O/c1-6-4-7(11)2-3-8(6)9(12)5-10(13)14/h2-4,9H,5,12H2,1H3,(H2,13,14)/t9-/m0/s1. The van der Waals surface area contributed by atoms with Crippen molar-refractivity contribution in [2.24, 2.45) is 11.5 Å². The van der Waals surface area contributed by atoms with E-state index in [9.17, 15) is 9.18 Å². The Labute approximate surface area is 81.9 Å². The summed E-state index contributed by atoms with van der Waals surface area (Å²) in [5, 5.41) is 0. The summed E-state index contributed by atoms with van der Waals surface area (Å²) in [6, 6.07) is 3.84. The van der Waals surface area contributed by atoms with Gasteiger partial charge in [0.2, 0.25) is 5.91 Å². The van der Waals surface area contributed by atoms with Crippen molar-refractivity contribution < 1.29 is 9.18 Å². The summed E-state index contributed by atoms with van der Waals surface area (Å²) in [7, 11) is 0. The first-order chi connectivity index (χ1) is 6.50. The van der Waals surface area contributed by atoms with Crippen molar-refractivity contribution in [3.05, 3.63) is 35.1 Å². The SMILES string of the molecule is Cc1cc(F)ccc1[C@@H](N)CC(N)=O. The van der Waals surface area contributed by atoms with Gasteiger partial charge in [-0.25, -0.2) is 4.39 Å². The van der Waals surface area contributed by atoms with Crippen molar-refractivity contribution in [1.29, 1.82) is 0 Å². The molecule has 0 aromatic heterocycles. The molecule has 0 aliphatic carbocycles. The van der Waals surface area contributed by atoms with Crippen LogP contribution in [0.3, 0.4) is 0 Å². The molecule has 0 saturated heterocycles. The third-order valence-electron chi connectivity index (χ3n) is 2.05. The van der Waals surface area contributed by atoms with E-state index in [1.165, 1.54) is 12.1 Å². The number of primary amides is 1. The molecule has 4 heteroatoms. The monoisotopic (exact) mass is 196 g/mol. The lowest BCUT2D eigenvalue weighted by Gasteiger charge is -2.12. The van der Waals surface area contributed by atoms with E-state index < -0.39 is 11.9 Å². The fraction of sp³-hybridized carbons (Fsp3) is 0.300. The van der Waals surface area contributed by atoms with Crippen LogP contribution in [0.4, 0.5) is 4.39 Å². The van der Waals surface area contributed by atoms with Gasteiger partial charge in [-0.1, -0.05) is 6.07 Å². The van der Waals surface area contributed by atoms with Crippen LogP contribution in [0, 0.1) is 12.7 Å². The molecule has 0 heterocycles. The van der Waals surface area contributed by atoms with Crippen molar-refractivity contribution in [2.45, 2.75) is 19.4 Å². The molecule has 14 heavy (non-hydrogen) atoms. The van der Waals surface area contributed by atoms with Crippen LogP contribution in [0.15, 0.2) is 18.2 Å². The molecule has 1 aromatic rings. The Morgan fingerprint density at radius 1 is 1.57 bits per heavy atom. The van der Waals surface area contributed by atoms with Gasteiger partial charge in [0.25, 0.3) is 0 Å². The molecule has 1 aromatic carbocycles. The molecule has 1 rings (SSSR count). The smallest absolute Gasteiger partial charge is 0.219 e. The summed E-state index contributed by atoms with van der Waals surface area (Å²) in [6.07, 6.45) is 0.0759. The van der Waals surface area contributed by atoms with Gasteiger partial charge in [-0.2, -0.15) is 0 Å². The number of amides is 1. The summed E-state index contributed by atoms with van der Waals surface area (Å²) in [5.74, 6) is -0.765. The second-order valence-electron chi connectivity index (χ2n) is 3.28. The Balaban J connectivity index is 2.90. The number of halogens is 1. The zero-order chi connectivity index (χ0) is 10.7. The lowest BCUT2D eigenvalue weighted by atomic mass is 9.99. The third kappa shape index (κ3) is 2.53. The van der Waals surface area contributed by atoms with Crippen LogP contribution in [0.1, 0.15) is 23.6 Å². The fourth-order valence-corrected chi connectivity index (χ4v) is 1.38. The van der Waals surface area contributed by atoms with E-state index in [1.54, 1.807) is 13.0 Å². The number of aryl methyl sites for hydroxylation is 1. The molecule has 1 amide bonds. The van der Waals surface area contributed by atoms with E-state index in [-0.39, 0.29) is 12.2 Å². The average Bonchev–Trinajstić information content (AvgIpc) is 2.01. The minimum absolute atomic E-state index is 0.0759. The van der Waals surface area contributed by atoms with Crippen LogP contribution in [0.2, 0.25) is 0 Å². The topological polar surface area (TPSA) is 69.1 Å². The highest BCUT2D eigenvalue weighted by Gasteiger charge is 2.11. The van der Waals surface area contributed by atoms with Gasteiger partial charge in [-0.05, 0) is 30.2 Å². The van der Waals surface area contributed by atoms with Gasteiger partial charge < -0.3 is 11.5 Å². The van der Waals surface area contributed by atoms with Crippen LogP contribution in [-0.4, -0.2) is 5.91 Å². The maximum absolute atomic E-state index is 12.7. The fourth-order valence-electron chi connectivity index (χ4n) is 1.38. The first-order valence-electron chi connectivity index (χ1n) is 4.30. The number of nitrogens with two attached hydrogens (primary N) is 2. The van der Waals surface area contributed by atoms with Gasteiger partial charge in [0.05, 0.1) is 0 Å². The van der Waals surface area contributed by atoms with Crippen LogP contribution in [0.5, 0.6) is 0 Å². The van der Waals surface area contributed by atoms with E-state index in [0.717, 1.165) is 11.1 Å². The molecule has 0 aliphatic rings. The first-order valence-corrected chi connectivity index (χ1v) is 4.30. The highest BCUT2D eigenvalue weighted by atomic mass is 19.1. The molecule has 0 radical (unpaired) electrons. The molecule has 0 spiro atoms. The largest absolute Gasteiger partial charge is 0.370 e.